The number of esters is 1. The van der Waals surface area contributed by atoms with Gasteiger partial charge in [-0.05, 0) is 76.1 Å². The summed E-state index contributed by atoms with van der Waals surface area (Å²) in [6, 6.07) is 5.97. The molecule has 0 spiro atoms. The van der Waals surface area contributed by atoms with Gasteiger partial charge >= 0.3 is 5.97 Å². The van der Waals surface area contributed by atoms with Gasteiger partial charge in [0, 0.05) is 11.9 Å². The van der Waals surface area contributed by atoms with Crippen LogP contribution < -0.4 is 10.1 Å². The summed E-state index contributed by atoms with van der Waals surface area (Å²) in [5, 5.41) is 12.7. The molecule has 3 aromatic rings. The molecule has 0 aliphatic heterocycles. The zero-order chi connectivity index (χ0) is 25.8. The zero-order valence-electron chi connectivity index (χ0n) is 21.3. The summed E-state index contributed by atoms with van der Waals surface area (Å²) in [5.74, 6) is 1.07. The van der Waals surface area contributed by atoms with Crippen LogP contribution in [0.1, 0.15) is 70.5 Å². The van der Waals surface area contributed by atoms with Crippen molar-refractivity contribution in [3.05, 3.63) is 51.2 Å². The number of ether oxygens (including phenoxy) is 2. The second-order valence-corrected chi connectivity index (χ2v) is 10.9. The normalized spacial score (nSPS) is 13.7. The number of hydrogen-bond donors (Lipinski definition) is 1. The number of carbonyl (C=O) groups is 2. The fraction of sp³-hybridized carbons (Fsp3) is 0.462. The maximum absolute atomic E-state index is 12.8. The molecule has 1 unspecified atom stereocenters. The third kappa shape index (κ3) is 5.59. The summed E-state index contributed by atoms with van der Waals surface area (Å²) in [4.78, 5) is 26.6. The molecular formula is C26H32N4O4S2. The van der Waals surface area contributed by atoms with Crippen molar-refractivity contribution < 1.29 is 19.1 Å². The lowest BCUT2D eigenvalue weighted by molar-refractivity contribution is -0.113. The predicted octanol–water partition coefficient (Wildman–Crippen LogP) is 5.42. The van der Waals surface area contributed by atoms with Crippen molar-refractivity contribution in [3.8, 4) is 5.75 Å². The van der Waals surface area contributed by atoms with E-state index in [2.05, 4.69) is 28.5 Å². The number of thioether (sulfide) groups is 1. The Balaban J connectivity index is 1.41. The van der Waals surface area contributed by atoms with Crippen molar-refractivity contribution >= 4 is 40.0 Å². The molecular weight excluding hydrogens is 496 g/mol. The van der Waals surface area contributed by atoms with Crippen molar-refractivity contribution in [1.29, 1.82) is 0 Å². The topological polar surface area (TPSA) is 95.3 Å². The first-order valence-electron chi connectivity index (χ1n) is 12.2. The molecule has 0 fully saturated rings. The van der Waals surface area contributed by atoms with E-state index in [1.165, 1.54) is 28.0 Å². The molecule has 1 amide bonds. The van der Waals surface area contributed by atoms with Crippen LogP contribution in [-0.2, 0) is 29.4 Å². The SMILES string of the molecule is CCOC(=O)c1c(NC(=O)CSc2nnc(C(C)Oc3cccc(C)c3C)n2C)sc2c1CCCC2. The van der Waals surface area contributed by atoms with Gasteiger partial charge in [0.05, 0.1) is 17.9 Å². The van der Waals surface area contributed by atoms with Gasteiger partial charge in [-0.2, -0.15) is 0 Å². The average molecular weight is 529 g/mol. The second-order valence-electron chi connectivity index (χ2n) is 8.83. The fourth-order valence-electron chi connectivity index (χ4n) is 4.27. The highest BCUT2D eigenvalue weighted by Gasteiger charge is 2.27. The average Bonchev–Trinajstić information content (AvgIpc) is 3.40. The Morgan fingerprint density at radius 3 is 2.78 bits per heavy atom. The van der Waals surface area contributed by atoms with Gasteiger partial charge in [0.15, 0.2) is 17.1 Å². The minimum Gasteiger partial charge on any atom is -0.482 e. The van der Waals surface area contributed by atoms with Gasteiger partial charge in [-0.3, -0.25) is 4.79 Å². The minimum absolute atomic E-state index is 0.142. The molecule has 2 heterocycles. The number of anilines is 1. The molecule has 192 valence electrons. The summed E-state index contributed by atoms with van der Waals surface area (Å²) < 4.78 is 13.3. The van der Waals surface area contributed by atoms with E-state index >= 15 is 0 Å². The van der Waals surface area contributed by atoms with Gasteiger partial charge in [0.1, 0.15) is 10.8 Å². The Kier molecular flexibility index (Phi) is 8.35. The highest BCUT2D eigenvalue weighted by atomic mass is 32.2. The lowest BCUT2D eigenvalue weighted by Crippen LogP contribution is -2.17. The summed E-state index contributed by atoms with van der Waals surface area (Å²) in [6.45, 7) is 8.10. The first-order chi connectivity index (χ1) is 17.3. The van der Waals surface area contributed by atoms with Crippen LogP contribution in [0.5, 0.6) is 5.75 Å². The number of nitrogens with one attached hydrogen (secondary N) is 1. The van der Waals surface area contributed by atoms with E-state index in [0.717, 1.165) is 48.1 Å². The molecule has 1 aliphatic rings. The third-order valence-electron chi connectivity index (χ3n) is 6.33. The Labute approximate surface area is 219 Å². The molecule has 36 heavy (non-hydrogen) atoms. The van der Waals surface area contributed by atoms with E-state index in [0.29, 0.717) is 28.2 Å². The molecule has 1 aromatic carbocycles. The van der Waals surface area contributed by atoms with E-state index in [1.807, 2.05) is 37.6 Å². The predicted molar refractivity (Wildman–Crippen MR) is 142 cm³/mol. The smallest absolute Gasteiger partial charge is 0.341 e. The number of rotatable bonds is 9. The first-order valence-corrected chi connectivity index (χ1v) is 14.0. The van der Waals surface area contributed by atoms with E-state index in [9.17, 15) is 9.59 Å². The quantitative estimate of drug-likeness (QED) is 0.293. The van der Waals surface area contributed by atoms with E-state index in [-0.39, 0.29) is 23.7 Å². The second kappa shape index (κ2) is 11.5. The Hall–Kier alpha value is -2.85. The number of amides is 1. The van der Waals surface area contributed by atoms with Crippen molar-refractivity contribution in [1.82, 2.24) is 14.8 Å². The van der Waals surface area contributed by atoms with E-state index < -0.39 is 0 Å². The number of aryl methyl sites for hydroxylation is 2. The molecule has 0 saturated carbocycles. The largest absolute Gasteiger partial charge is 0.482 e. The van der Waals surface area contributed by atoms with Gasteiger partial charge in [-0.1, -0.05) is 23.9 Å². The number of aromatic nitrogens is 3. The molecule has 10 heteroatoms. The third-order valence-corrected chi connectivity index (χ3v) is 8.55. The molecule has 4 rings (SSSR count). The van der Waals surface area contributed by atoms with Crippen LogP contribution in [0.3, 0.4) is 0 Å². The maximum atomic E-state index is 12.8. The molecule has 2 aromatic heterocycles. The monoisotopic (exact) mass is 528 g/mol. The van der Waals surface area contributed by atoms with Crippen molar-refractivity contribution in [3.63, 3.8) is 0 Å². The number of hydrogen-bond acceptors (Lipinski definition) is 8. The Morgan fingerprint density at radius 2 is 2.00 bits per heavy atom. The summed E-state index contributed by atoms with van der Waals surface area (Å²) >= 11 is 2.78. The van der Waals surface area contributed by atoms with Crippen LogP contribution in [0.15, 0.2) is 23.4 Å². The van der Waals surface area contributed by atoms with Crippen LogP contribution in [0, 0.1) is 13.8 Å². The first kappa shape index (κ1) is 26.2. The number of nitrogens with zero attached hydrogens (tertiary/aromatic N) is 3. The van der Waals surface area contributed by atoms with Crippen LogP contribution in [0.4, 0.5) is 5.00 Å². The van der Waals surface area contributed by atoms with Crippen molar-refractivity contribution in [2.24, 2.45) is 7.05 Å². The van der Waals surface area contributed by atoms with Crippen LogP contribution in [-0.4, -0.2) is 39.0 Å². The van der Waals surface area contributed by atoms with Gasteiger partial charge < -0.3 is 19.4 Å². The van der Waals surface area contributed by atoms with Crippen LogP contribution in [0.25, 0.3) is 0 Å². The molecule has 0 bridgehead atoms. The van der Waals surface area contributed by atoms with Gasteiger partial charge in [-0.15, -0.1) is 21.5 Å². The Bertz CT molecular complexity index is 1270. The van der Waals surface area contributed by atoms with E-state index in [1.54, 1.807) is 6.92 Å². The molecule has 1 atom stereocenters. The summed E-state index contributed by atoms with van der Waals surface area (Å²) in [6.07, 6.45) is 3.60. The molecule has 0 radical (unpaired) electrons. The fourth-order valence-corrected chi connectivity index (χ4v) is 6.28. The van der Waals surface area contributed by atoms with Gasteiger partial charge in [0.25, 0.3) is 0 Å². The van der Waals surface area contributed by atoms with Gasteiger partial charge in [-0.25, -0.2) is 4.79 Å². The number of benzene rings is 1. The summed E-state index contributed by atoms with van der Waals surface area (Å²) in [5.41, 5.74) is 3.81. The number of carbonyl (C=O) groups excluding carboxylic acids is 2. The molecule has 1 aliphatic carbocycles. The molecule has 1 N–H and O–H groups in total. The highest BCUT2D eigenvalue weighted by molar-refractivity contribution is 7.99. The number of fused-ring (bicyclic) bond motifs is 1. The zero-order valence-corrected chi connectivity index (χ0v) is 23.0. The lowest BCUT2D eigenvalue weighted by atomic mass is 9.95. The molecule has 0 saturated heterocycles. The van der Waals surface area contributed by atoms with Gasteiger partial charge in [0.2, 0.25) is 5.91 Å². The van der Waals surface area contributed by atoms with Crippen LogP contribution in [0.2, 0.25) is 0 Å². The number of thiophene rings is 1. The highest BCUT2D eigenvalue weighted by Crippen LogP contribution is 2.38. The van der Waals surface area contributed by atoms with E-state index in [4.69, 9.17) is 9.47 Å². The van der Waals surface area contributed by atoms with Crippen molar-refractivity contribution in [2.45, 2.75) is 64.6 Å². The minimum atomic E-state index is -0.365. The molecule has 8 nitrogen and oxygen atoms in total. The lowest BCUT2D eigenvalue weighted by Gasteiger charge is -2.16. The maximum Gasteiger partial charge on any atom is 0.341 e. The van der Waals surface area contributed by atoms with Crippen molar-refractivity contribution in [2.75, 3.05) is 17.7 Å². The summed E-state index contributed by atoms with van der Waals surface area (Å²) in [7, 11) is 1.87. The Morgan fingerprint density at radius 1 is 1.22 bits per heavy atom. The standard InChI is InChI=1S/C26H32N4O4S2/c1-6-33-25(32)22-18-11-7-8-13-20(18)36-24(22)27-21(31)14-35-26-29-28-23(30(26)5)17(4)34-19-12-9-10-15(2)16(19)3/h9-10,12,17H,6-8,11,13-14H2,1-5H3,(H,27,31). The van der Waals surface area contributed by atoms with Crippen LogP contribution >= 0.6 is 23.1 Å².